The standard InChI is InChI=1S/C27H38N4O5S2/c1-26(2,18-33)29-22-16-19(5-7-24(22)37-3)28-25(34)21-6-4-20(30-38(35,36)15-14-32)17-23(21)31-12-10-27(8-9-27)11-13-31/h4-7,16-17,29-30,32-33H,8-15,18H2,1-3H3,(H,28,34). The number of carbonyl (C=O) groups excluding carboxylic acids is 1. The lowest BCUT2D eigenvalue weighted by Gasteiger charge is -2.35. The number of hydrogen-bond acceptors (Lipinski definition) is 8. The van der Waals surface area contributed by atoms with Crippen molar-refractivity contribution in [2.24, 2.45) is 5.41 Å². The Morgan fingerprint density at radius 1 is 1.05 bits per heavy atom. The van der Waals surface area contributed by atoms with Gasteiger partial charge in [-0.1, -0.05) is 0 Å². The highest BCUT2D eigenvalue weighted by atomic mass is 32.2. The molecule has 5 N–H and O–H groups in total. The Morgan fingerprint density at radius 2 is 1.74 bits per heavy atom. The molecule has 1 heterocycles. The Labute approximate surface area is 229 Å². The highest BCUT2D eigenvalue weighted by Gasteiger charge is 2.44. The van der Waals surface area contributed by atoms with E-state index in [0.29, 0.717) is 28.0 Å². The van der Waals surface area contributed by atoms with E-state index in [2.05, 4.69) is 20.3 Å². The summed E-state index contributed by atoms with van der Waals surface area (Å²) in [5.74, 6) is -0.688. The van der Waals surface area contributed by atoms with Crippen molar-refractivity contribution >= 4 is 50.4 Å². The normalized spacial score (nSPS) is 16.8. The molecule has 11 heteroatoms. The van der Waals surface area contributed by atoms with E-state index in [1.54, 1.807) is 30.0 Å². The zero-order chi connectivity index (χ0) is 27.6. The van der Waals surface area contributed by atoms with Gasteiger partial charge in [0.05, 0.1) is 47.1 Å². The maximum Gasteiger partial charge on any atom is 0.257 e. The van der Waals surface area contributed by atoms with Gasteiger partial charge in [-0.05, 0) is 87.6 Å². The van der Waals surface area contributed by atoms with Gasteiger partial charge in [0.1, 0.15) is 0 Å². The van der Waals surface area contributed by atoms with Crippen LogP contribution in [0.15, 0.2) is 41.3 Å². The molecule has 0 radical (unpaired) electrons. The molecule has 208 valence electrons. The van der Waals surface area contributed by atoms with Crippen molar-refractivity contribution < 1.29 is 23.4 Å². The number of piperidine rings is 1. The summed E-state index contributed by atoms with van der Waals surface area (Å²) >= 11 is 1.57. The van der Waals surface area contributed by atoms with Gasteiger partial charge in [-0.15, -0.1) is 11.8 Å². The van der Waals surface area contributed by atoms with Crippen molar-refractivity contribution in [2.75, 3.05) is 58.6 Å². The quantitative estimate of drug-likeness (QED) is 0.260. The second-order valence-electron chi connectivity index (χ2n) is 10.9. The largest absolute Gasteiger partial charge is 0.395 e. The lowest BCUT2D eigenvalue weighted by Crippen LogP contribution is -2.36. The van der Waals surface area contributed by atoms with Gasteiger partial charge in [0, 0.05) is 23.7 Å². The van der Waals surface area contributed by atoms with E-state index in [-0.39, 0.29) is 12.5 Å². The maximum absolute atomic E-state index is 13.5. The van der Waals surface area contributed by atoms with Gasteiger partial charge < -0.3 is 25.7 Å². The minimum absolute atomic E-state index is 0.0493. The number of aliphatic hydroxyl groups excluding tert-OH is 2. The zero-order valence-electron chi connectivity index (χ0n) is 22.2. The van der Waals surface area contributed by atoms with Crippen LogP contribution < -0.4 is 20.3 Å². The van der Waals surface area contributed by atoms with Gasteiger partial charge in [0.2, 0.25) is 10.0 Å². The fraction of sp³-hybridized carbons (Fsp3) is 0.519. The number of rotatable bonds is 11. The first-order valence-corrected chi connectivity index (χ1v) is 15.8. The van der Waals surface area contributed by atoms with Crippen LogP contribution in [0.25, 0.3) is 0 Å². The Kier molecular flexibility index (Phi) is 8.51. The molecule has 1 amide bonds. The van der Waals surface area contributed by atoms with Crippen LogP contribution >= 0.6 is 11.8 Å². The van der Waals surface area contributed by atoms with E-state index in [0.717, 1.165) is 36.5 Å². The Bertz CT molecular complexity index is 1270. The molecule has 2 aromatic rings. The fourth-order valence-electron chi connectivity index (χ4n) is 4.78. The van der Waals surface area contributed by atoms with Crippen LogP contribution in [-0.4, -0.2) is 68.4 Å². The molecule has 0 bridgehead atoms. The van der Waals surface area contributed by atoms with E-state index >= 15 is 0 Å². The molecule has 2 aromatic carbocycles. The van der Waals surface area contributed by atoms with Gasteiger partial charge in [0.15, 0.2) is 0 Å². The molecule has 1 spiro atoms. The van der Waals surface area contributed by atoms with E-state index in [1.165, 1.54) is 12.8 Å². The van der Waals surface area contributed by atoms with Crippen molar-refractivity contribution in [1.29, 1.82) is 0 Å². The number of nitrogens with one attached hydrogen (secondary N) is 3. The predicted octanol–water partition coefficient (Wildman–Crippen LogP) is 3.96. The summed E-state index contributed by atoms with van der Waals surface area (Å²) < 4.78 is 27.0. The van der Waals surface area contributed by atoms with Crippen molar-refractivity contribution in [3.63, 3.8) is 0 Å². The fourth-order valence-corrected chi connectivity index (χ4v) is 6.15. The van der Waals surface area contributed by atoms with Crippen LogP contribution in [0.2, 0.25) is 0 Å². The third kappa shape index (κ3) is 6.93. The summed E-state index contributed by atoms with van der Waals surface area (Å²) in [6.07, 6.45) is 6.59. The number of nitrogens with zero attached hydrogens (tertiary/aromatic N) is 1. The van der Waals surface area contributed by atoms with Gasteiger partial charge in [-0.2, -0.15) is 0 Å². The number of amides is 1. The summed E-state index contributed by atoms with van der Waals surface area (Å²) in [4.78, 5) is 16.7. The molecule has 0 unspecified atom stereocenters. The lowest BCUT2D eigenvalue weighted by atomic mass is 9.93. The Morgan fingerprint density at radius 3 is 2.34 bits per heavy atom. The molecule has 2 fully saturated rings. The third-order valence-electron chi connectivity index (χ3n) is 7.32. The van der Waals surface area contributed by atoms with E-state index in [9.17, 15) is 18.3 Å². The van der Waals surface area contributed by atoms with Crippen LogP contribution in [0.5, 0.6) is 0 Å². The molecule has 0 aromatic heterocycles. The molecule has 1 aliphatic heterocycles. The highest BCUT2D eigenvalue weighted by Crippen LogP contribution is 2.54. The number of aliphatic hydroxyl groups is 2. The van der Waals surface area contributed by atoms with E-state index in [4.69, 9.17) is 5.11 Å². The van der Waals surface area contributed by atoms with Crippen LogP contribution in [-0.2, 0) is 10.0 Å². The van der Waals surface area contributed by atoms with Crippen LogP contribution in [0.3, 0.4) is 0 Å². The average molecular weight is 563 g/mol. The highest BCUT2D eigenvalue weighted by molar-refractivity contribution is 7.98. The van der Waals surface area contributed by atoms with Crippen molar-refractivity contribution in [1.82, 2.24) is 0 Å². The van der Waals surface area contributed by atoms with Crippen LogP contribution in [0, 0.1) is 5.41 Å². The number of benzene rings is 2. The summed E-state index contributed by atoms with van der Waals surface area (Å²) in [5.41, 5.74) is 2.84. The van der Waals surface area contributed by atoms with Crippen molar-refractivity contribution in [3.8, 4) is 0 Å². The van der Waals surface area contributed by atoms with Crippen molar-refractivity contribution in [2.45, 2.75) is 50.0 Å². The van der Waals surface area contributed by atoms with Crippen molar-refractivity contribution in [3.05, 3.63) is 42.0 Å². The molecule has 0 atom stereocenters. The molecular weight excluding hydrogens is 524 g/mol. The third-order valence-corrected chi connectivity index (χ3v) is 9.39. The Hall–Kier alpha value is -2.47. The minimum Gasteiger partial charge on any atom is -0.395 e. The van der Waals surface area contributed by atoms with E-state index in [1.807, 2.05) is 38.3 Å². The first-order chi connectivity index (χ1) is 18.0. The number of anilines is 4. The summed E-state index contributed by atoms with van der Waals surface area (Å²) in [6.45, 7) is 4.88. The minimum atomic E-state index is -3.70. The summed E-state index contributed by atoms with van der Waals surface area (Å²) in [6, 6.07) is 10.6. The summed E-state index contributed by atoms with van der Waals surface area (Å²) in [7, 11) is -3.70. The van der Waals surface area contributed by atoms with Gasteiger partial charge >= 0.3 is 0 Å². The van der Waals surface area contributed by atoms with Gasteiger partial charge in [-0.3, -0.25) is 9.52 Å². The monoisotopic (exact) mass is 562 g/mol. The average Bonchev–Trinajstić information content (AvgIpc) is 3.62. The molecule has 2 aliphatic rings. The molecule has 38 heavy (non-hydrogen) atoms. The molecular formula is C27H38N4O5S2. The Balaban J connectivity index is 1.61. The van der Waals surface area contributed by atoms with Crippen LogP contribution in [0.4, 0.5) is 22.7 Å². The number of thioether (sulfide) groups is 1. The number of carbonyl (C=O) groups is 1. The molecule has 4 rings (SSSR count). The molecule has 1 aliphatic carbocycles. The maximum atomic E-state index is 13.5. The van der Waals surface area contributed by atoms with E-state index < -0.39 is 27.9 Å². The molecule has 9 nitrogen and oxygen atoms in total. The van der Waals surface area contributed by atoms with Gasteiger partial charge in [-0.25, -0.2) is 8.42 Å². The van der Waals surface area contributed by atoms with Gasteiger partial charge in [0.25, 0.3) is 5.91 Å². The topological polar surface area (TPSA) is 131 Å². The second-order valence-corrected chi connectivity index (χ2v) is 13.6. The zero-order valence-corrected chi connectivity index (χ0v) is 23.8. The lowest BCUT2D eigenvalue weighted by molar-refractivity contribution is 0.102. The summed E-state index contributed by atoms with van der Waals surface area (Å²) in [5, 5.41) is 25.1. The first kappa shape index (κ1) is 28.5. The molecule has 1 saturated heterocycles. The number of sulfonamides is 1. The van der Waals surface area contributed by atoms with Crippen LogP contribution in [0.1, 0.15) is 49.9 Å². The SMILES string of the molecule is CSc1ccc(NC(=O)c2ccc(NS(=O)(=O)CCO)cc2N2CCC3(CC2)CC3)cc1NC(C)(C)CO. The number of hydrogen-bond donors (Lipinski definition) is 5. The molecule has 1 saturated carbocycles. The predicted molar refractivity (Wildman–Crippen MR) is 155 cm³/mol. The smallest absolute Gasteiger partial charge is 0.257 e. The second kappa shape index (κ2) is 11.3. The first-order valence-electron chi connectivity index (χ1n) is 12.9.